The molecule has 0 unspecified atom stereocenters. The Morgan fingerprint density at radius 2 is 2.25 bits per heavy atom. The van der Waals surface area contributed by atoms with E-state index in [-0.39, 0.29) is 0 Å². The molecular weight excluding hydrogens is 100 g/mol. The summed E-state index contributed by atoms with van der Waals surface area (Å²) < 4.78 is 0. The highest BCUT2D eigenvalue weighted by molar-refractivity contribution is 4.84. The zero-order valence-corrected chi connectivity index (χ0v) is 5.43. The molecule has 1 N–H and O–H groups in total. The summed E-state index contributed by atoms with van der Waals surface area (Å²) in [5, 5.41) is 8.60. The van der Waals surface area contributed by atoms with Gasteiger partial charge in [-0.3, -0.25) is 0 Å². The minimum absolute atomic E-state index is 0.421. The number of rotatable bonds is 3. The second-order valence-electron chi connectivity index (χ2n) is 2.73. The molecule has 0 spiro atoms. The second kappa shape index (κ2) is 2.49. The highest BCUT2D eigenvalue weighted by atomic mass is 16.3. The Balaban J connectivity index is 1.99. The topological polar surface area (TPSA) is 20.2 Å². The second-order valence-corrected chi connectivity index (χ2v) is 2.73. The summed E-state index contributed by atoms with van der Waals surface area (Å²) in [6.45, 7) is 2.62. The van der Waals surface area contributed by atoms with Crippen LogP contribution in [0.1, 0.15) is 26.2 Å². The van der Waals surface area contributed by atoms with Gasteiger partial charge in [0.2, 0.25) is 0 Å². The van der Waals surface area contributed by atoms with Gasteiger partial charge in [-0.2, -0.15) is 0 Å². The van der Waals surface area contributed by atoms with E-state index in [1.54, 1.807) is 0 Å². The maximum Gasteiger partial charge on any atom is 0.0462 e. The molecule has 0 aromatic rings. The van der Waals surface area contributed by atoms with Gasteiger partial charge in [0, 0.05) is 6.61 Å². The molecule has 1 rings (SSSR count). The molecule has 1 saturated carbocycles. The molecule has 0 amide bonds. The van der Waals surface area contributed by atoms with E-state index >= 15 is 0 Å². The third kappa shape index (κ3) is 1.22. The van der Waals surface area contributed by atoms with Crippen LogP contribution in [0.3, 0.4) is 0 Å². The molecule has 0 aliphatic heterocycles. The molecule has 0 bridgehead atoms. The fraction of sp³-hybridized carbons (Fsp3) is 1.00. The van der Waals surface area contributed by atoms with Gasteiger partial charge < -0.3 is 5.11 Å². The summed E-state index contributed by atoms with van der Waals surface area (Å²) in [4.78, 5) is 0. The number of hydrogen-bond acceptors (Lipinski definition) is 1. The van der Waals surface area contributed by atoms with Crippen molar-refractivity contribution in [3.05, 3.63) is 0 Å². The zero-order valence-electron chi connectivity index (χ0n) is 5.43. The lowest BCUT2D eigenvalue weighted by atomic mass is 10.2. The highest BCUT2D eigenvalue weighted by Crippen LogP contribution is 2.41. The quantitative estimate of drug-likeness (QED) is 0.588. The van der Waals surface area contributed by atoms with Gasteiger partial charge in [-0.25, -0.2) is 0 Å². The first-order valence-electron chi connectivity index (χ1n) is 3.49. The first-order chi connectivity index (χ1) is 3.88. The van der Waals surface area contributed by atoms with Gasteiger partial charge in [0.05, 0.1) is 0 Å². The van der Waals surface area contributed by atoms with Crippen molar-refractivity contribution in [1.82, 2.24) is 0 Å². The predicted octanol–water partition coefficient (Wildman–Crippen LogP) is 1.41. The maximum absolute atomic E-state index is 8.60. The lowest BCUT2D eigenvalue weighted by Gasteiger charge is -1.89. The SMILES string of the molecule is CCC[C@@H]1C[C@@H]1CO. The van der Waals surface area contributed by atoms with Crippen molar-refractivity contribution in [2.24, 2.45) is 11.8 Å². The molecule has 0 aromatic carbocycles. The van der Waals surface area contributed by atoms with E-state index in [9.17, 15) is 0 Å². The maximum atomic E-state index is 8.60. The van der Waals surface area contributed by atoms with Crippen molar-refractivity contribution in [3.8, 4) is 0 Å². The van der Waals surface area contributed by atoms with Crippen molar-refractivity contribution < 1.29 is 5.11 Å². The molecule has 0 saturated heterocycles. The van der Waals surface area contributed by atoms with Crippen LogP contribution in [0.5, 0.6) is 0 Å². The van der Waals surface area contributed by atoms with Crippen LogP contribution in [0.25, 0.3) is 0 Å². The largest absolute Gasteiger partial charge is 0.396 e. The van der Waals surface area contributed by atoms with E-state index in [2.05, 4.69) is 6.92 Å². The van der Waals surface area contributed by atoms with Gasteiger partial charge in [0.1, 0.15) is 0 Å². The normalized spacial score (nSPS) is 35.2. The molecule has 1 aliphatic carbocycles. The fourth-order valence-corrected chi connectivity index (χ4v) is 1.26. The van der Waals surface area contributed by atoms with E-state index in [0.29, 0.717) is 12.5 Å². The number of aliphatic hydroxyl groups excluding tert-OH is 1. The molecule has 1 heteroatoms. The van der Waals surface area contributed by atoms with Crippen molar-refractivity contribution in [2.75, 3.05) is 6.61 Å². The fourth-order valence-electron chi connectivity index (χ4n) is 1.26. The van der Waals surface area contributed by atoms with Crippen LogP contribution >= 0.6 is 0 Å². The smallest absolute Gasteiger partial charge is 0.0462 e. The molecule has 1 aliphatic rings. The Labute approximate surface area is 50.7 Å². The molecule has 1 fully saturated rings. The summed E-state index contributed by atoms with van der Waals surface area (Å²) in [6, 6.07) is 0. The first-order valence-corrected chi connectivity index (χ1v) is 3.49. The van der Waals surface area contributed by atoms with Crippen LogP contribution in [0, 0.1) is 11.8 Å². The van der Waals surface area contributed by atoms with Crippen LogP contribution in [0.2, 0.25) is 0 Å². The molecule has 1 nitrogen and oxygen atoms in total. The van der Waals surface area contributed by atoms with Crippen LogP contribution in [-0.2, 0) is 0 Å². The molecular formula is C7H14O. The van der Waals surface area contributed by atoms with Gasteiger partial charge in [-0.05, 0) is 18.3 Å². The zero-order chi connectivity index (χ0) is 5.98. The molecule has 2 atom stereocenters. The third-order valence-electron chi connectivity index (χ3n) is 1.96. The molecule has 8 heavy (non-hydrogen) atoms. The van der Waals surface area contributed by atoms with Crippen molar-refractivity contribution >= 4 is 0 Å². The van der Waals surface area contributed by atoms with Crippen molar-refractivity contribution in [2.45, 2.75) is 26.2 Å². The minimum Gasteiger partial charge on any atom is -0.396 e. The summed E-state index contributed by atoms with van der Waals surface area (Å²) in [5.41, 5.74) is 0. The molecule has 0 heterocycles. The van der Waals surface area contributed by atoms with Gasteiger partial charge in [-0.15, -0.1) is 0 Å². The average molecular weight is 114 g/mol. The highest BCUT2D eigenvalue weighted by Gasteiger charge is 2.34. The first kappa shape index (κ1) is 6.09. The molecule has 0 radical (unpaired) electrons. The van der Waals surface area contributed by atoms with Crippen LogP contribution in [-0.4, -0.2) is 11.7 Å². The summed E-state index contributed by atoms with van der Waals surface area (Å²) in [7, 11) is 0. The van der Waals surface area contributed by atoms with E-state index in [0.717, 1.165) is 5.92 Å². The third-order valence-corrected chi connectivity index (χ3v) is 1.96. The monoisotopic (exact) mass is 114 g/mol. The minimum atomic E-state index is 0.421. The number of hydrogen-bond donors (Lipinski definition) is 1. The molecule has 48 valence electrons. The summed E-state index contributed by atoms with van der Waals surface area (Å²) in [5.74, 6) is 1.56. The van der Waals surface area contributed by atoms with Crippen LogP contribution in [0.4, 0.5) is 0 Å². The van der Waals surface area contributed by atoms with Gasteiger partial charge in [0.15, 0.2) is 0 Å². The van der Waals surface area contributed by atoms with Gasteiger partial charge in [-0.1, -0.05) is 19.8 Å². The van der Waals surface area contributed by atoms with Crippen LogP contribution in [0.15, 0.2) is 0 Å². The van der Waals surface area contributed by atoms with Crippen molar-refractivity contribution in [1.29, 1.82) is 0 Å². The predicted molar refractivity (Wildman–Crippen MR) is 33.6 cm³/mol. The van der Waals surface area contributed by atoms with Crippen molar-refractivity contribution in [3.63, 3.8) is 0 Å². The number of aliphatic hydroxyl groups is 1. The Morgan fingerprint density at radius 1 is 1.50 bits per heavy atom. The van der Waals surface area contributed by atoms with E-state index in [1.165, 1.54) is 19.3 Å². The van der Waals surface area contributed by atoms with E-state index < -0.39 is 0 Å². The Kier molecular flexibility index (Phi) is 1.90. The van der Waals surface area contributed by atoms with E-state index in [1.807, 2.05) is 0 Å². The summed E-state index contributed by atoms with van der Waals surface area (Å²) in [6.07, 6.45) is 3.89. The van der Waals surface area contributed by atoms with Gasteiger partial charge in [0.25, 0.3) is 0 Å². The average Bonchev–Trinajstić information content (AvgIpc) is 2.48. The van der Waals surface area contributed by atoms with Crippen LogP contribution < -0.4 is 0 Å². The van der Waals surface area contributed by atoms with Gasteiger partial charge >= 0.3 is 0 Å². The van der Waals surface area contributed by atoms with E-state index in [4.69, 9.17) is 5.11 Å². The summed E-state index contributed by atoms with van der Waals surface area (Å²) >= 11 is 0. The molecule has 0 aromatic heterocycles. The standard InChI is InChI=1S/C7H14O/c1-2-3-6-4-7(6)5-8/h6-8H,2-5H2,1H3/t6-,7-/m1/s1. The Morgan fingerprint density at radius 3 is 2.62 bits per heavy atom. The lowest BCUT2D eigenvalue weighted by Crippen LogP contribution is -1.87. The Bertz CT molecular complexity index is 70.8. The Hall–Kier alpha value is -0.0400. The lowest BCUT2D eigenvalue weighted by molar-refractivity contribution is 0.267.